The first-order valence-corrected chi connectivity index (χ1v) is 7.47. The molecule has 1 aliphatic carbocycles. The van der Waals surface area contributed by atoms with Crippen molar-refractivity contribution in [3.8, 4) is 5.69 Å². The van der Waals surface area contributed by atoms with E-state index in [-0.39, 0.29) is 0 Å². The van der Waals surface area contributed by atoms with E-state index in [0.29, 0.717) is 18.5 Å². The van der Waals surface area contributed by atoms with Crippen LogP contribution < -0.4 is 0 Å². The van der Waals surface area contributed by atoms with Gasteiger partial charge in [-0.05, 0) is 47.0 Å². The zero-order valence-electron chi connectivity index (χ0n) is 10.9. The van der Waals surface area contributed by atoms with E-state index in [9.17, 15) is 9.90 Å². The van der Waals surface area contributed by atoms with Gasteiger partial charge in [0.25, 0.3) is 0 Å². The standard InChI is InChI=1S/C15H15BrN2O2/c16-11-5-1-2-6-12(11)18-10-7-13(17-18)15(14(19)20)8-3-4-9-15/h1-2,5-7,10H,3-4,8-9H2,(H,19,20). The van der Waals surface area contributed by atoms with Gasteiger partial charge in [-0.3, -0.25) is 4.79 Å². The molecule has 4 nitrogen and oxygen atoms in total. The van der Waals surface area contributed by atoms with Crippen LogP contribution >= 0.6 is 15.9 Å². The van der Waals surface area contributed by atoms with Crippen molar-refractivity contribution in [2.75, 3.05) is 0 Å². The summed E-state index contributed by atoms with van der Waals surface area (Å²) in [5, 5.41) is 14.1. The Hall–Kier alpha value is -1.62. The fourth-order valence-corrected chi connectivity index (χ4v) is 3.38. The molecule has 0 unspecified atom stereocenters. The first-order chi connectivity index (χ1) is 9.63. The molecular formula is C15H15BrN2O2. The number of nitrogens with zero attached hydrogens (tertiary/aromatic N) is 2. The van der Waals surface area contributed by atoms with E-state index in [1.54, 1.807) is 4.68 Å². The molecule has 0 amide bonds. The van der Waals surface area contributed by atoms with Crippen LogP contribution in [0.15, 0.2) is 41.0 Å². The Bertz CT molecular complexity index is 645. The van der Waals surface area contributed by atoms with Gasteiger partial charge in [-0.1, -0.05) is 25.0 Å². The minimum Gasteiger partial charge on any atom is -0.481 e. The molecule has 1 aromatic carbocycles. The maximum atomic E-state index is 11.7. The largest absolute Gasteiger partial charge is 0.481 e. The third-order valence-corrected chi connectivity index (χ3v) is 4.72. The summed E-state index contributed by atoms with van der Waals surface area (Å²) in [5.41, 5.74) is 0.780. The van der Waals surface area contributed by atoms with Gasteiger partial charge >= 0.3 is 5.97 Å². The Balaban J connectivity index is 2.02. The number of rotatable bonds is 3. The van der Waals surface area contributed by atoms with Crippen molar-refractivity contribution in [3.05, 3.63) is 46.7 Å². The Labute approximate surface area is 125 Å². The smallest absolute Gasteiger partial charge is 0.315 e. The number of hydrogen-bond donors (Lipinski definition) is 1. The van der Waals surface area contributed by atoms with E-state index in [1.807, 2.05) is 36.5 Å². The lowest BCUT2D eigenvalue weighted by Crippen LogP contribution is -2.33. The molecule has 2 aromatic rings. The zero-order chi connectivity index (χ0) is 14.2. The lowest BCUT2D eigenvalue weighted by atomic mass is 9.83. The van der Waals surface area contributed by atoms with Gasteiger partial charge in [0.1, 0.15) is 5.41 Å². The highest BCUT2D eigenvalue weighted by atomic mass is 79.9. The molecule has 5 heteroatoms. The highest BCUT2D eigenvalue weighted by Gasteiger charge is 2.44. The van der Waals surface area contributed by atoms with E-state index in [2.05, 4.69) is 21.0 Å². The van der Waals surface area contributed by atoms with Gasteiger partial charge < -0.3 is 5.11 Å². The predicted octanol–water partition coefficient (Wildman–Crippen LogP) is 3.53. The normalized spacial score (nSPS) is 17.2. The van der Waals surface area contributed by atoms with Crippen LogP contribution in [0.3, 0.4) is 0 Å². The molecule has 1 aliphatic rings. The minimum atomic E-state index is -0.799. The van der Waals surface area contributed by atoms with Crippen LogP contribution in [0.5, 0.6) is 0 Å². The SMILES string of the molecule is O=C(O)C1(c2ccn(-c3ccccc3Br)n2)CCCC1. The number of carboxylic acids is 1. The number of halogens is 1. The van der Waals surface area contributed by atoms with Gasteiger partial charge in [-0.15, -0.1) is 0 Å². The molecule has 1 heterocycles. The summed E-state index contributed by atoms with van der Waals surface area (Å²) >= 11 is 3.49. The lowest BCUT2D eigenvalue weighted by Gasteiger charge is -2.21. The average molecular weight is 335 g/mol. The number of carboxylic acid groups (broad SMARTS) is 1. The molecule has 0 spiro atoms. The number of hydrogen-bond acceptors (Lipinski definition) is 2. The number of aliphatic carboxylic acids is 1. The van der Waals surface area contributed by atoms with Gasteiger partial charge in [0.05, 0.1) is 11.4 Å². The van der Waals surface area contributed by atoms with Crippen molar-refractivity contribution in [1.29, 1.82) is 0 Å². The van der Waals surface area contributed by atoms with Crippen molar-refractivity contribution < 1.29 is 9.90 Å². The summed E-state index contributed by atoms with van der Waals surface area (Å²) in [6.45, 7) is 0. The summed E-state index contributed by atoms with van der Waals surface area (Å²) < 4.78 is 2.67. The van der Waals surface area contributed by atoms with E-state index >= 15 is 0 Å². The molecule has 0 aliphatic heterocycles. The van der Waals surface area contributed by atoms with Crippen LogP contribution in [-0.2, 0) is 10.2 Å². The van der Waals surface area contributed by atoms with Crippen molar-refractivity contribution in [2.24, 2.45) is 0 Å². The quantitative estimate of drug-likeness (QED) is 0.934. The monoisotopic (exact) mass is 334 g/mol. The molecule has 0 saturated heterocycles. The molecule has 1 saturated carbocycles. The molecule has 0 bridgehead atoms. The van der Waals surface area contributed by atoms with Crippen LogP contribution in [0.1, 0.15) is 31.4 Å². The van der Waals surface area contributed by atoms with Crippen LogP contribution in [0.2, 0.25) is 0 Å². The lowest BCUT2D eigenvalue weighted by molar-refractivity contribution is -0.143. The van der Waals surface area contributed by atoms with Crippen LogP contribution in [0.4, 0.5) is 0 Å². The van der Waals surface area contributed by atoms with Gasteiger partial charge in [0.15, 0.2) is 0 Å². The summed E-state index contributed by atoms with van der Waals surface area (Å²) in [4.78, 5) is 11.7. The van der Waals surface area contributed by atoms with E-state index < -0.39 is 11.4 Å². The average Bonchev–Trinajstić information content (AvgIpc) is 3.09. The predicted molar refractivity (Wildman–Crippen MR) is 79.0 cm³/mol. The molecule has 1 N–H and O–H groups in total. The molecule has 0 radical (unpaired) electrons. The highest BCUT2D eigenvalue weighted by Crippen LogP contribution is 2.40. The maximum Gasteiger partial charge on any atom is 0.315 e. The molecule has 0 atom stereocenters. The Morgan fingerprint density at radius 3 is 2.60 bits per heavy atom. The summed E-state index contributed by atoms with van der Waals surface area (Å²) in [5.74, 6) is -0.757. The van der Waals surface area contributed by atoms with Crippen molar-refractivity contribution in [3.63, 3.8) is 0 Å². The van der Waals surface area contributed by atoms with Crippen LogP contribution in [0.25, 0.3) is 5.69 Å². The van der Waals surface area contributed by atoms with Crippen LogP contribution in [0, 0.1) is 0 Å². The topological polar surface area (TPSA) is 55.1 Å². The van der Waals surface area contributed by atoms with E-state index in [4.69, 9.17) is 0 Å². The third-order valence-electron chi connectivity index (χ3n) is 4.05. The van der Waals surface area contributed by atoms with Crippen molar-refractivity contribution in [1.82, 2.24) is 9.78 Å². The van der Waals surface area contributed by atoms with E-state index in [0.717, 1.165) is 23.0 Å². The van der Waals surface area contributed by atoms with Crippen molar-refractivity contribution >= 4 is 21.9 Å². The molecule has 104 valence electrons. The maximum absolute atomic E-state index is 11.7. The Morgan fingerprint density at radius 1 is 1.25 bits per heavy atom. The number of para-hydroxylation sites is 1. The Morgan fingerprint density at radius 2 is 1.95 bits per heavy atom. The first kappa shape index (κ1) is 13.4. The molecule has 3 rings (SSSR count). The van der Waals surface area contributed by atoms with Gasteiger partial charge in [0.2, 0.25) is 0 Å². The number of carbonyl (C=O) groups is 1. The minimum absolute atomic E-state index is 0.665. The molecular weight excluding hydrogens is 320 g/mol. The second kappa shape index (κ2) is 5.05. The summed E-state index contributed by atoms with van der Waals surface area (Å²) in [7, 11) is 0. The number of aromatic nitrogens is 2. The van der Waals surface area contributed by atoms with Gasteiger partial charge in [-0.25, -0.2) is 4.68 Å². The van der Waals surface area contributed by atoms with Gasteiger partial charge in [0, 0.05) is 10.7 Å². The zero-order valence-corrected chi connectivity index (χ0v) is 12.5. The second-order valence-electron chi connectivity index (χ2n) is 5.19. The number of benzene rings is 1. The third kappa shape index (κ3) is 2.06. The molecule has 1 fully saturated rings. The highest BCUT2D eigenvalue weighted by molar-refractivity contribution is 9.10. The van der Waals surface area contributed by atoms with Crippen molar-refractivity contribution in [2.45, 2.75) is 31.1 Å². The van der Waals surface area contributed by atoms with Crippen LogP contribution in [-0.4, -0.2) is 20.9 Å². The van der Waals surface area contributed by atoms with E-state index in [1.165, 1.54) is 0 Å². The first-order valence-electron chi connectivity index (χ1n) is 6.68. The fourth-order valence-electron chi connectivity index (χ4n) is 2.91. The summed E-state index contributed by atoms with van der Waals surface area (Å²) in [6.07, 6.45) is 5.09. The van der Waals surface area contributed by atoms with Gasteiger partial charge in [-0.2, -0.15) is 5.10 Å². The molecule has 20 heavy (non-hydrogen) atoms. The second-order valence-corrected chi connectivity index (χ2v) is 6.05. The summed E-state index contributed by atoms with van der Waals surface area (Å²) in [6, 6.07) is 9.60. The fraction of sp³-hybridized carbons (Fsp3) is 0.333. The Kier molecular flexibility index (Phi) is 3.38. The molecule has 1 aromatic heterocycles.